The van der Waals surface area contributed by atoms with Crippen LogP contribution in [0.5, 0.6) is 0 Å². The van der Waals surface area contributed by atoms with Crippen molar-refractivity contribution in [3.05, 3.63) is 0 Å². The molecule has 2 unspecified atom stereocenters. The molecule has 0 aromatic rings. The smallest absolute Gasteiger partial charge is 0.326 e. The number of amides is 1. The molecule has 1 radical (unpaired) electrons. The first-order chi connectivity index (χ1) is 9.78. The second-order valence-corrected chi connectivity index (χ2v) is 5.86. The van der Waals surface area contributed by atoms with Gasteiger partial charge in [-0.25, -0.2) is 4.79 Å². The van der Waals surface area contributed by atoms with E-state index in [0.717, 1.165) is 12.8 Å². The fourth-order valence-electron chi connectivity index (χ4n) is 2.41. The number of aliphatic hydroxyl groups excluding tert-OH is 1. The van der Waals surface area contributed by atoms with Crippen LogP contribution in [-0.4, -0.2) is 59.8 Å². The van der Waals surface area contributed by atoms with E-state index in [4.69, 9.17) is 10.2 Å². The van der Waals surface area contributed by atoms with Crippen LogP contribution in [0.4, 0.5) is 0 Å². The summed E-state index contributed by atoms with van der Waals surface area (Å²) in [7, 11) is 3.50. The topological polar surface area (TPSA) is 89.9 Å². The van der Waals surface area contributed by atoms with E-state index in [9.17, 15) is 9.59 Å². The molecule has 1 rings (SSSR count). The van der Waals surface area contributed by atoms with E-state index in [1.54, 1.807) is 6.92 Å². The summed E-state index contributed by atoms with van der Waals surface area (Å²) in [4.78, 5) is 22.9. The molecule has 4 atom stereocenters. The van der Waals surface area contributed by atoms with Gasteiger partial charge >= 0.3 is 5.97 Å². The number of carbonyl (C=O) groups is 2. The SMILES string of the molecule is CC1C[C@@H](C(=O)O)N(C)C1=O.CC[C@H](CC(C)CO)NC.[Y]. The molecule has 6 nitrogen and oxygen atoms in total. The molecular weight excluding hydrogens is 361 g/mol. The fraction of sp³-hybridized carbons (Fsp3) is 0.867. The maximum absolute atomic E-state index is 11.1. The zero-order valence-corrected chi connectivity index (χ0v) is 17.2. The molecule has 0 aromatic heterocycles. The zero-order chi connectivity index (χ0) is 16.6. The molecule has 127 valence electrons. The van der Waals surface area contributed by atoms with Gasteiger partial charge in [-0.2, -0.15) is 0 Å². The van der Waals surface area contributed by atoms with Crippen LogP contribution in [0, 0.1) is 11.8 Å². The van der Waals surface area contributed by atoms with Gasteiger partial charge < -0.3 is 20.4 Å². The maximum atomic E-state index is 11.1. The minimum atomic E-state index is -0.912. The van der Waals surface area contributed by atoms with Crippen LogP contribution in [0.15, 0.2) is 0 Å². The van der Waals surface area contributed by atoms with Gasteiger partial charge in [0.05, 0.1) is 0 Å². The number of rotatable bonds is 6. The van der Waals surface area contributed by atoms with Crippen molar-refractivity contribution in [3.8, 4) is 0 Å². The van der Waals surface area contributed by atoms with E-state index < -0.39 is 12.0 Å². The van der Waals surface area contributed by atoms with Crippen LogP contribution in [0.2, 0.25) is 0 Å². The van der Waals surface area contributed by atoms with Crippen molar-refractivity contribution < 1.29 is 52.5 Å². The van der Waals surface area contributed by atoms with Gasteiger partial charge in [-0.1, -0.05) is 20.8 Å². The van der Waals surface area contributed by atoms with Crippen LogP contribution in [0.3, 0.4) is 0 Å². The van der Waals surface area contributed by atoms with Crippen molar-refractivity contribution >= 4 is 11.9 Å². The normalized spacial score (nSPS) is 23.2. The summed E-state index contributed by atoms with van der Waals surface area (Å²) in [5.41, 5.74) is 0. The Morgan fingerprint density at radius 2 is 2.05 bits per heavy atom. The molecule has 22 heavy (non-hydrogen) atoms. The molecule has 1 saturated heterocycles. The first kappa shape index (κ1) is 24.2. The fourth-order valence-corrected chi connectivity index (χ4v) is 2.41. The zero-order valence-electron chi connectivity index (χ0n) is 14.4. The number of carbonyl (C=O) groups excluding carboxylic acids is 1. The third-order valence-electron chi connectivity index (χ3n) is 4.00. The summed E-state index contributed by atoms with van der Waals surface area (Å²) in [6.45, 7) is 6.28. The van der Waals surface area contributed by atoms with E-state index in [-0.39, 0.29) is 44.5 Å². The Labute approximate surface area is 158 Å². The van der Waals surface area contributed by atoms with Crippen molar-refractivity contribution in [2.45, 2.75) is 52.1 Å². The standard InChI is InChI=1S/C8H19NO.C7H11NO3.Y/c1-4-8(9-3)5-7(2)6-10;1-4-3-5(7(10)11)8(2)6(4)9;/h7-10H,4-6H2,1-3H3;4-5H,3H2,1-2H3,(H,10,11);/t7?,8-;4?,5-;/m10./s1. The predicted molar refractivity (Wildman–Crippen MR) is 82.0 cm³/mol. The molecule has 1 fully saturated rings. The van der Waals surface area contributed by atoms with Gasteiger partial charge in [-0.05, 0) is 32.2 Å². The molecule has 1 heterocycles. The third kappa shape index (κ3) is 8.00. The molecule has 0 aromatic carbocycles. The molecule has 0 bridgehead atoms. The summed E-state index contributed by atoms with van der Waals surface area (Å²) >= 11 is 0. The number of nitrogens with zero attached hydrogens (tertiary/aromatic N) is 1. The quantitative estimate of drug-likeness (QED) is 0.627. The number of nitrogens with one attached hydrogen (secondary N) is 1. The first-order valence-electron chi connectivity index (χ1n) is 7.55. The van der Waals surface area contributed by atoms with E-state index in [1.165, 1.54) is 11.9 Å². The second kappa shape index (κ2) is 12.4. The van der Waals surface area contributed by atoms with Gasteiger partial charge in [-0.15, -0.1) is 0 Å². The molecule has 1 aliphatic rings. The Morgan fingerprint density at radius 3 is 2.27 bits per heavy atom. The van der Waals surface area contributed by atoms with Crippen LogP contribution in [-0.2, 0) is 42.3 Å². The van der Waals surface area contributed by atoms with Gasteiger partial charge in [0.1, 0.15) is 6.04 Å². The van der Waals surface area contributed by atoms with Gasteiger partial charge in [0.25, 0.3) is 0 Å². The average molecular weight is 391 g/mol. The van der Waals surface area contributed by atoms with Crippen molar-refractivity contribution in [1.82, 2.24) is 10.2 Å². The van der Waals surface area contributed by atoms with Gasteiger partial charge in [0.2, 0.25) is 5.91 Å². The summed E-state index contributed by atoms with van der Waals surface area (Å²) in [5.74, 6) is -0.693. The van der Waals surface area contributed by atoms with E-state index in [1.807, 2.05) is 7.05 Å². The largest absolute Gasteiger partial charge is 0.480 e. The molecule has 1 amide bonds. The van der Waals surface area contributed by atoms with Gasteiger partial charge in [-0.3, -0.25) is 4.79 Å². The van der Waals surface area contributed by atoms with Crippen LogP contribution in [0.25, 0.3) is 0 Å². The van der Waals surface area contributed by atoms with Crippen molar-refractivity contribution in [2.75, 3.05) is 20.7 Å². The predicted octanol–water partition coefficient (Wildman–Crippen LogP) is 0.938. The van der Waals surface area contributed by atoms with Crippen molar-refractivity contribution in [1.29, 1.82) is 0 Å². The minimum Gasteiger partial charge on any atom is -0.480 e. The van der Waals surface area contributed by atoms with E-state index >= 15 is 0 Å². The van der Waals surface area contributed by atoms with Crippen LogP contribution < -0.4 is 5.32 Å². The van der Waals surface area contributed by atoms with Gasteiger partial charge in [0.15, 0.2) is 0 Å². The van der Waals surface area contributed by atoms with E-state index in [0.29, 0.717) is 25.0 Å². The first-order valence-corrected chi connectivity index (χ1v) is 7.55. The summed E-state index contributed by atoms with van der Waals surface area (Å²) in [6, 6.07) is -0.0420. The third-order valence-corrected chi connectivity index (χ3v) is 4.00. The summed E-state index contributed by atoms with van der Waals surface area (Å²) < 4.78 is 0. The molecule has 0 spiro atoms. The molecule has 7 heteroatoms. The Bertz CT molecular complexity index is 338. The number of aliphatic hydroxyl groups is 1. The minimum absolute atomic E-state index is 0. The number of hydrogen-bond donors (Lipinski definition) is 3. The molecule has 0 saturated carbocycles. The molecule has 0 aliphatic carbocycles. The number of aliphatic carboxylic acids is 1. The average Bonchev–Trinajstić information content (AvgIpc) is 2.72. The Morgan fingerprint density at radius 1 is 1.50 bits per heavy atom. The Kier molecular flexibility index (Phi) is 13.6. The van der Waals surface area contributed by atoms with Crippen LogP contribution >= 0.6 is 0 Å². The summed E-state index contributed by atoms with van der Waals surface area (Å²) in [5, 5.41) is 20.6. The molecular formula is C15H30N2O4Y. The van der Waals surface area contributed by atoms with Gasteiger partial charge in [0, 0.05) is 58.3 Å². The number of carboxylic acid groups (broad SMARTS) is 1. The number of hydrogen-bond acceptors (Lipinski definition) is 4. The van der Waals surface area contributed by atoms with E-state index in [2.05, 4.69) is 19.2 Å². The Hall–Kier alpha value is -0.0361. The van der Waals surface area contributed by atoms with Crippen LogP contribution in [0.1, 0.15) is 40.0 Å². The summed E-state index contributed by atoms with van der Waals surface area (Å²) in [6.07, 6.45) is 2.65. The van der Waals surface area contributed by atoms with Crippen molar-refractivity contribution in [3.63, 3.8) is 0 Å². The molecule has 1 aliphatic heterocycles. The second-order valence-electron chi connectivity index (χ2n) is 5.86. The Balaban J connectivity index is 0. The maximum Gasteiger partial charge on any atom is 0.326 e. The number of likely N-dealkylation sites (N-methyl/N-ethyl adjacent to an activating group) is 1. The number of likely N-dealkylation sites (tertiary alicyclic amines) is 1. The van der Waals surface area contributed by atoms with Crippen molar-refractivity contribution in [2.24, 2.45) is 11.8 Å². The monoisotopic (exact) mass is 391 g/mol. The number of carboxylic acids is 1. The molecule has 3 N–H and O–H groups in total.